The van der Waals surface area contributed by atoms with Crippen LogP contribution in [-0.2, 0) is 0 Å². The number of hydrogen-bond acceptors (Lipinski definition) is 1. The van der Waals surface area contributed by atoms with Crippen molar-refractivity contribution in [3.8, 4) is 16.9 Å². The Morgan fingerprint density at radius 1 is 0.762 bits per heavy atom. The van der Waals surface area contributed by atoms with Crippen LogP contribution in [0.2, 0.25) is 0 Å². The van der Waals surface area contributed by atoms with E-state index >= 15 is 0 Å². The number of phenols is 1. The summed E-state index contributed by atoms with van der Waals surface area (Å²) in [6, 6.07) is 23.1. The van der Waals surface area contributed by atoms with Crippen LogP contribution in [0.1, 0.15) is 28.2 Å². The van der Waals surface area contributed by atoms with Gasteiger partial charge in [-0.3, -0.25) is 0 Å². The summed E-state index contributed by atoms with van der Waals surface area (Å²) in [5, 5.41) is 9.78. The third-order valence-corrected chi connectivity index (χ3v) is 4.39. The number of fused-ring (bicyclic) bond motifs is 3. The standard InChI is InChI=1S/C20H16O/c1-13-12-14(10-11-19(13)21)20-17-8-4-2-6-15(17)16-7-3-5-9-18(16)20/h2-12,20-21H,1H3. The molecular weight excluding hydrogens is 256 g/mol. The van der Waals surface area contributed by atoms with E-state index in [4.69, 9.17) is 0 Å². The van der Waals surface area contributed by atoms with Gasteiger partial charge in [0.2, 0.25) is 0 Å². The highest BCUT2D eigenvalue weighted by Crippen LogP contribution is 2.48. The van der Waals surface area contributed by atoms with Crippen LogP contribution in [0.4, 0.5) is 0 Å². The Kier molecular flexibility index (Phi) is 2.61. The predicted molar refractivity (Wildman–Crippen MR) is 85.7 cm³/mol. The Morgan fingerprint density at radius 3 is 1.90 bits per heavy atom. The van der Waals surface area contributed by atoms with Gasteiger partial charge in [-0.15, -0.1) is 0 Å². The Hall–Kier alpha value is -2.54. The van der Waals surface area contributed by atoms with Gasteiger partial charge in [0, 0.05) is 5.92 Å². The summed E-state index contributed by atoms with van der Waals surface area (Å²) >= 11 is 0. The maximum atomic E-state index is 9.78. The maximum absolute atomic E-state index is 9.78. The molecule has 1 nitrogen and oxygen atoms in total. The van der Waals surface area contributed by atoms with Gasteiger partial charge in [0.15, 0.2) is 0 Å². The molecule has 0 aromatic heterocycles. The zero-order chi connectivity index (χ0) is 14.4. The molecular formula is C20H16O. The second-order valence-corrected chi connectivity index (χ2v) is 5.65. The molecule has 1 N–H and O–H groups in total. The van der Waals surface area contributed by atoms with Gasteiger partial charge >= 0.3 is 0 Å². The summed E-state index contributed by atoms with van der Waals surface area (Å²) < 4.78 is 0. The van der Waals surface area contributed by atoms with Gasteiger partial charge in [-0.1, -0.05) is 60.7 Å². The summed E-state index contributed by atoms with van der Waals surface area (Å²) in [7, 11) is 0. The number of hydrogen-bond donors (Lipinski definition) is 1. The van der Waals surface area contributed by atoms with Gasteiger partial charge in [0.25, 0.3) is 0 Å². The molecule has 1 heteroatoms. The fourth-order valence-electron chi connectivity index (χ4n) is 3.37. The van der Waals surface area contributed by atoms with Gasteiger partial charge in [-0.25, -0.2) is 0 Å². The van der Waals surface area contributed by atoms with Crippen molar-refractivity contribution in [1.82, 2.24) is 0 Å². The number of aryl methyl sites for hydroxylation is 1. The van der Waals surface area contributed by atoms with Crippen molar-refractivity contribution in [1.29, 1.82) is 0 Å². The third-order valence-electron chi connectivity index (χ3n) is 4.39. The van der Waals surface area contributed by atoms with Crippen LogP contribution in [-0.4, -0.2) is 5.11 Å². The van der Waals surface area contributed by atoms with Crippen LogP contribution in [0, 0.1) is 6.92 Å². The van der Waals surface area contributed by atoms with Crippen LogP contribution < -0.4 is 0 Å². The Bertz CT molecular complexity index is 787. The largest absolute Gasteiger partial charge is 0.508 e. The van der Waals surface area contributed by atoms with E-state index in [0.29, 0.717) is 5.75 Å². The SMILES string of the molecule is Cc1cc(C2c3ccccc3-c3ccccc32)ccc1O. The molecule has 4 rings (SSSR count). The second kappa shape index (κ2) is 4.49. The van der Waals surface area contributed by atoms with Crippen molar-refractivity contribution < 1.29 is 5.11 Å². The molecule has 0 atom stereocenters. The third kappa shape index (κ3) is 1.78. The quantitative estimate of drug-likeness (QED) is 0.524. The van der Waals surface area contributed by atoms with E-state index in [1.807, 2.05) is 13.0 Å². The molecule has 0 amide bonds. The van der Waals surface area contributed by atoms with Crippen LogP contribution in [0.25, 0.3) is 11.1 Å². The second-order valence-electron chi connectivity index (χ2n) is 5.65. The fourth-order valence-corrected chi connectivity index (χ4v) is 3.37. The Labute approximate surface area is 124 Å². The van der Waals surface area contributed by atoms with Gasteiger partial charge in [0.05, 0.1) is 0 Å². The fraction of sp³-hybridized carbons (Fsp3) is 0.100. The average Bonchev–Trinajstić information content (AvgIpc) is 2.85. The Morgan fingerprint density at radius 2 is 1.33 bits per heavy atom. The minimum atomic E-state index is 0.261. The molecule has 0 unspecified atom stereocenters. The molecule has 0 spiro atoms. The lowest BCUT2D eigenvalue weighted by Crippen LogP contribution is -1.99. The minimum Gasteiger partial charge on any atom is -0.508 e. The molecule has 1 aliphatic carbocycles. The van der Waals surface area contributed by atoms with E-state index in [1.54, 1.807) is 6.07 Å². The zero-order valence-corrected chi connectivity index (χ0v) is 11.9. The monoisotopic (exact) mass is 272 g/mol. The summed E-state index contributed by atoms with van der Waals surface area (Å²) in [6.07, 6.45) is 0. The Balaban J connectivity index is 1.98. The summed E-state index contributed by atoms with van der Waals surface area (Å²) in [6.45, 7) is 1.95. The number of benzene rings is 3. The van der Waals surface area contributed by atoms with Crippen molar-refractivity contribution in [3.63, 3.8) is 0 Å². The van der Waals surface area contributed by atoms with E-state index < -0.39 is 0 Å². The lowest BCUT2D eigenvalue weighted by molar-refractivity contribution is 0.471. The van der Waals surface area contributed by atoms with Gasteiger partial charge in [0.1, 0.15) is 5.75 Å². The van der Waals surface area contributed by atoms with Crippen molar-refractivity contribution in [2.45, 2.75) is 12.8 Å². The molecule has 0 fully saturated rings. The zero-order valence-electron chi connectivity index (χ0n) is 11.9. The topological polar surface area (TPSA) is 20.2 Å². The number of rotatable bonds is 1. The summed E-state index contributed by atoms with van der Waals surface area (Å²) in [5.41, 5.74) is 7.51. The molecule has 3 aromatic rings. The molecule has 0 radical (unpaired) electrons. The minimum absolute atomic E-state index is 0.261. The molecule has 21 heavy (non-hydrogen) atoms. The molecule has 102 valence electrons. The van der Waals surface area contributed by atoms with Crippen LogP contribution in [0.15, 0.2) is 66.7 Å². The molecule has 0 saturated heterocycles. The summed E-state index contributed by atoms with van der Waals surface area (Å²) in [4.78, 5) is 0. The molecule has 0 saturated carbocycles. The molecule has 3 aromatic carbocycles. The van der Waals surface area contributed by atoms with E-state index in [-0.39, 0.29) is 5.92 Å². The van der Waals surface area contributed by atoms with Crippen LogP contribution in [0.3, 0.4) is 0 Å². The van der Waals surface area contributed by atoms with Crippen LogP contribution >= 0.6 is 0 Å². The van der Waals surface area contributed by atoms with E-state index in [2.05, 4.69) is 54.6 Å². The lowest BCUT2D eigenvalue weighted by atomic mass is 9.88. The normalized spacial score (nSPS) is 13.0. The lowest BCUT2D eigenvalue weighted by Gasteiger charge is -2.15. The molecule has 1 aliphatic rings. The number of aromatic hydroxyl groups is 1. The first kappa shape index (κ1) is 12.2. The highest BCUT2D eigenvalue weighted by Gasteiger charge is 2.29. The first-order chi connectivity index (χ1) is 10.3. The first-order valence-corrected chi connectivity index (χ1v) is 7.23. The molecule has 0 bridgehead atoms. The smallest absolute Gasteiger partial charge is 0.118 e. The van der Waals surface area contributed by atoms with Gasteiger partial charge < -0.3 is 5.11 Å². The molecule has 0 aliphatic heterocycles. The van der Waals surface area contributed by atoms with E-state index in [1.165, 1.54) is 27.8 Å². The summed E-state index contributed by atoms with van der Waals surface area (Å²) in [5.74, 6) is 0.620. The van der Waals surface area contributed by atoms with E-state index in [0.717, 1.165) is 5.56 Å². The predicted octanol–water partition coefficient (Wildman–Crippen LogP) is 4.86. The average molecular weight is 272 g/mol. The highest BCUT2D eigenvalue weighted by molar-refractivity contribution is 5.80. The van der Waals surface area contributed by atoms with Crippen LogP contribution in [0.5, 0.6) is 5.75 Å². The van der Waals surface area contributed by atoms with Crippen molar-refractivity contribution in [2.24, 2.45) is 0 Å². The highest BCUT2D eigenvalue weighted by atomic mass is 16.3. The van der Waals surface area contributed by atoms with Gasteiger partial charge in [-0.2, -0.15) is 0 Å². The number of phenolic OH excluding ortho intramolecular Hbond substituents is 1. The van der Waals surface area contributed by atoms with Gasteiger partial charge in [-0.05, 0) is 46.4 Å². The van der Waals surface area contributed by atoms with E-state index in [9.17, 15) is 5.11 Å². The first-order valence-electron chi connectivity index (χ1n) is 7.23. The maximum Gasteiger partial charge on any atom is 0.118 e. The molecule has 0 heterocycles. The van der Waals surface area contributed by atoms with Crippen molar-refractivity contribution in [3.05, 3.63) is 89.0 Å². The van der Waals surface area contributed by atoms with Crippen molar-refractivity contribution in [2.75, 3.05) is 0 Å². The van der Waals surface area contributed by atoms with Crippen molar-refractivity contribution >= 4 is 0 Å².